The lowest BCUT2D eigenvalue weighted by molar-refractivity contribution is -0.136. The van der Waals surface area contributed by atoms with Crippen molar-refractivity contribution in [3.8, 4) is 0 Å². The first-order valence-electron chi connectivity index (χ1n) is 11.7. The lowest BCUT2D eigenvalue weighted by Crippen LogP contribution is -2.28. The number of aromatic nitrogens is 1. The first kappa shape index (κ1) is 24.5. The fourth-order valence-corrected chi connectivity index (χ4v) is 7.00. The average molecular weight is 469 g/mol. The molecule has 2 N–H and O–H groups in total. The third-order valence-electron chi connectivity index (χ3n) is 6.82. The maximum atomic E-state index is 12.9. The molecule has 1 aromatic heterocycles. The molecule has 1 amide bonds. The molecule has 3 rings (SSSR count). The number of hydrogen-bond donors (Lipinski definition) is 2. The van der Waals surface area contributed by atoms with E-state index in [-0.39, 0.29) is 12.3 Å². The second kappa shape index (κ2) is 12.8. The van der Waals surface area contributed by atoms with E-state index in [2.05, 4.69) is 10.3 Å². The van der Waals surface area contributed by atoms with Crippen LogP contribution in [0.3, 0.4) is 0 Å². The normalized spacial score (nSPS) is 23.4. The van der Waals surface area contributed by atoms with E-state index < -0.39 is 5.97 Å². The number of carboxylic acid groups (broad SMARTS) is 1. The molecule has 1 aromatic rings. The quantitative estimate of drug-likeness (QED) is 0.397. The Morgan fingerprint density at radius 3 is 2.65 bits per heavy atom. The summed E-state index contributed by atoms with van der Waals surface area (Å²) in [5, 5.41) is 12.4. The molecule has 174 valence electrons. The van der Waals surface area contributed by atoms with Crippen LogP contribution in [-0.2, 0) is 14.3 Å². The highest BCUT2D eigenvalue weighted by molar-refractivity contribution is 8.01. The molecule has 31 heavy (non-hydrogen) atoms. The van der Waals surface area contributed by atoms with Crippen LogP contribution < -0.4 is 5.32 Å². The van der Waals surface area contributed by atoms with E-state index in [1.165, 1.54) is 68.0 Å². The van der Waals surface area contributed by atoms with Crippen molar-refractivity contribution in [2.75, 3.05) is 18.2 Å². The zero-order valence-electron chi connectivity index (χ0n) is 18.5. The van der Waals surface area contributed by atoms with Crippen LogP contribution in [0.25, 0.3) is 0 Å². The molecule has 8 heteroatoms. The monoisotopic (exact) mass is 468 g/mol. The molecule has 0 bridgehead atoms. The average Bonchev–Trinajstić information content (AvgIpc) is 3.21. The van der Waals surface area contributed by atoms with Crippen LogP contribution in [0.2, 0.25) is 0 Å². The van der Waals surface area contributed by atoms with Gasteiger partial charge < -0.3 is 15.2 Å². The van der Waals surface area contributed by atoms with Gasteiger partial charge in [-0.25, -0.2) is 4.98 Å². The molecule has 1 atom stereocenters. The minimum absolute atomic E-state index is 0.0672. The summed E-state index contributed by atoms with van der Waals surface area (Å²) in [6.07, 6.45) is 15.1. The molecule has 0 unspecified atom stereocenters. The summed E-state index contributed by atoms with van der Waals surface area (Å²) < 4.78 is 6.47. The molecule has 0 spiro atoms. The molecule has 6 nitrogen and oxygen atoms in total. The van der Waals surface area contributed by atoms with Gasteiger partial charge in [0.05, 0.1) is 22.9 Å². The van der Waals surface area contributed by atoms with E-state index in [0.717, 1.165) is 23.5 Å². The van der Waals surface area contributed by atoms with Gasteiger partial charge in [0.1, 0.15) is 0 Å². The van der Waals surface area contributed by atoms with Gasteiger partial charge in [-0.05, 0) is 49.9 Å². The highest BCUT2D eigenvalue weighted by Gasteiger charge is 2.30. The number of nitrogens with one attached hydrogen (secondary N) is 1. The van der Waals surface area contributed by atoms with Crippen LogP contribution in [0.5, 0.6) is 0 Å². The summed E-state index contributed by atoms with van der Waals surface area (Å²) in [7, 11) is 1.81. The minimum Gasteiger partial charge on any atom is -0.481 e. The highest BCUT2D eigenvalue weighted by Crippen LogP contribution is 2.39. The van der Waals surface area contributed by atoms with E-state index in [0.29, 0.717) is 41.2 Å². The number of methoxy groups -OCH3 is 1. The predicted molar refractivity (Wildman–Crippen MR) is 126 cm³/mol. The third-order valence-corrected chi connectivity index (χ3v) is 8.93. The number of anilines is 1. The molecule has 0 radical (unpaired) electrons. The van der Waals surface area contributed by atoms with Gasteiger partial charge in [0.15, 0.2) is 5.13 Å². The molecule has 1 heterocycles. The lowest BCUT2D eigenvalue weighted by atomic mass is 9.72. The van der Waals surface area contributed by atoms with Crippen LogP contribution in [0.1, 0.15) is 77.0 Å². The number of nitrogens with zero attached hydrogens (tertiary/aromatic N) is 1. The predicted octanol–water partition coefficient (Wildman–Crippen LogP) is 5.83. The molecule has 0 aliphatic heterocycles. The first-order valence-corrected chi connectivity index (χ1v) is 13.5. The molecular formula is C23H36N2O4S2. The minimum atomic E-state index is -0.796. The SMILES string of the molecule is COC1CCC(C[C@@H](CC(=O)Nc2ncc(SCCC(=O)O)s2)C2CCCCC2)CC1. The van der Waals surface area contributed by atoms with Gasteiger partial charge in [-0.3, -0.25) is 9.59 Å². The van der Waals surface area contributed by atoms with E-state index in [1.54, 1.807) is 6.20 Å². The summed E-state index contributed by atoms with van der Waals surface area (Å²) in [6.45, 7) is 0. The summed E-state index contributed by atoms with van der Waals surface area (Å²) in [5.74, 6) is 1.61. The number of hydrogen-bond acceptors (Lipinski definition) is 6. The third kappa shape index (κ3) is 8.39. The van der Waals surface area contributed by atoms with Gasteiger partial charge in [0.2, 0.25) is 5.91 Å². The van der Waals surface area contributed by atoms with Crippen LogP contribution in [0.15, 0.2) is 10.4 Å². The molecule has 0 saturated heterocycles. The molecular weight excluding hydrogens is 432 g/mol. The van der Waals surface area contributed by atoms with Crippen LogP contribution in [0, 0.1) is 17.8 Å². The number of amides is 1. The van der Waals surface area contributed by atoms with E-state index in [1.807, 2.05) is 7.11 Å². The van der Waals surface area contributed by atoms with E-state index in [4.69, 9.17) is 9.84 Å². The highest BCUT2D eigenvalue weighted by atomic mass is 32.2. The number of carboxylic acids is 1. The molecule has 0 aromatic carbocycles. The molecule has 2 aliphatic carbocycles. The first-order chi connectivity index (χ1) is 15.0. The van der Waals surface area contributed by atoms with E-state index in [9.17, 15) is 9.59 Å². The topological polar surface area (TPSA) is 88.5 Å². The zero-order chi connectivity index (χ0) is 22.1. The van der Waals surface area contributed by atoms with Gasteiger partial charge >= 0.3 is 5.97 Å². The van der Waals surface area contributed by atoms with Gasteiger partial charge in [-0.2, -0.15) is 0 Å². The van der Waals surface area contributed by atoms with Crippen LogP contribution in [0.4, 0.5) is 5.13 Å². The van der Waals surface area contributed by atoms with Crippen molar-refractivity contribution in [2.24, 2.45) is 17.8 Å². The van der Waals surface area contributed by atoms with Crippen molar-refractivity contribution < 1.29 is 19.4 Å². The Morgan fingerprint density at radius 1 is 1.23 bits per heavy atom. The number of ether oxygens (including phenoxy) is 1. The Kier molecular flexibility index (Phi) is 10.1. The second-order valence-electron chi connectivity index (χ2n) is 9.00. The summed E-state index contributed by atoms with van der Waals surface area (Å²) in [4.78, 5) is 27.8. The smallest absolute Gasteiger partial charge is 0.304 e. The molecule has 2 fully saturated rings. The number of carbonyl (C=O) groups excluding carboxylic acids is 1. The number of thioether (sulfide) groups is 1. The largest absolute Gasteiger partial charge is 0.481 e. The Morgan fingerprint density at radius 2 is 1.97 bits per heavy atom. The van der Waals surface area contributed by atoms with E-state index >= 15 is 0 Å². The Bertz CT molecular complexity index is 698. The Hall–Kier alpha value is -1.12. The van der Waals surface area contributed by atoms with Crippen molar-refractivity contribution >= 4 is 40.1 Å². The number of rotatable bonds is 11. The molecule has 2 aliphatic rings. The fourth-order valence-electron chi connectivity index (χ4n) is 5.11. The molecule has 2 saturated carbocycles. The second-order valence-corrected chi connectivity index (χ2v) is 11.4. The van der Waals surface area contributed by atoms with Gasteiger partial charge in [-0.1, -0.05) is 43.4 Å². The van der Waals surface area contributed by atoms with Gasteiger partial charge in [0.25, 0.3) is 0 Å². The van der Waals surface area contributed by atoms with Crippen LogP contribution in [-0.4, -0.2) is 40.9 Å². The van der Waals surface area contributed by atoms with Crippen molar-refractivity contribution in [2.45, 2.75) is 87.4 Å². The summed E-state index contributed by atoms with van der Waals surface area (Å²) in [6, 6.07) is 0. The number of aliphatic carboxylic acids is 1. The summed E-state index contributed by atoms with van der Waals surface area (Å²) in [5.41, 5.74) is 0. The maximum absolute atomic E-state index is 12.9. The number of thiazole rings is 1. The van der Waals surface area contributed by atoms with Gasteiger partial charge in [0, 0.05) is 19.3 Å². The lowest BCUT2D eigenvalue weighted by Gasteiger charge is -2.35. The van der Waals surface area contributed by atoms with Gasteiger partial charge in [-0.15, -0.1) is 11.8 Å². The van der Waals surface area contributed by atoms with Crippen molar-refractivity contribution in [1.29, 1.82) is 0 Å². The maximum Gasteiger partial charge on any atom is 0.304 e. The fraction of sp³-hybridized carbons (Fsp3) is 0.783. The summed E-state index contributed by atoms with van der Waals surface area (Å²) >= 11 is 2.90. The van der Waals surface area contributed by atoms with Crippen LogP contribution >= 0.6 is 23.1 Å². The Balaban J connectivity index is 1.51. The van der Waals surface area contributed by atoms with Crippen molar-refractivity contribution in [3.05, 3.63) is 6.20 Å². The van der Waals surface area contributed by atoms with Crippen molar-refractivity contribution in [1.82, 2.24) is 4.98 Å². The zero-order valence-corrected chi connectivity index (χ0v) is 20.1. The van der Waals surface area contributed by atoms with Crippen molar-refractivity contribution in [3.63, 3.8) is 0 Å². The number of carbonyl (C=O) groups is 2. The Labute approximate surface area is 193 Å². The standard InChI is InChI=1S/C23H36N2O4S2/c1-29-19-9-7-16(8-10-19)13-18(17-5-3-2-4-6-17)14-20(26)25-23-24-15-22(31-23)30-12-11-21(27)28/h15-19H,2-14H2,1H3,(H,27,28)(H,24,25,26)/t16?,18-,19?/m0/s1.